The highest BCUT2D eigenvalue weighted by molar-refractivity contribution is 5.97. The number of alkyl carbamates (subject to hydrolysis) is 1. The average molecular weight is 375 g/mol. The molecule has 27 heavy (non-hydrogen) atoms. The molecule has 7 nitrogen and oxygen atoms in total. The zero-order valence-electron chi connectivity index (χ0n) is 16.4. The van der Waals surface area contributed by atoms with Crippen LogP contribution >= 0.6 is 0 Å². The van der Waals surface area contributed by atoms with Gasteiger partial charge in [0, 0.05) is 30.8 Å². The Morgan fingerprint density at radius 2 is 1.93 bits per heavy atom. The Bertz CT molecular complexity index is 697. The number of nitrogens with one attached hydrogen (secondary N) is 3. The van der Waals surface area contributed by atoms with Crippen molar-refractivity contribution in [2.75, 3.05) is 11.9 Å². The normalized spacial score (nSPS) is 19.3. The highest BCUT2D eigenvalue weighted by Gasteiger charge is 2.29. The monoisotopic (exact) mass is 375 g/mol. The standard InChI is InChI=1S/C20H29N3O4/c1-13(24)22-16-9-5-7-14(11-16)18(25)23-17-10-6-8-15(17)12-21-19(26)27-20(2,3)4/h5,7,9,11,15,17H,6,8,10,12H2,1-4H3,(H,21,26)(H,22,24)(H,23,25)/t15-,17-/m1/s1. The van der Waals surface area contributed by atoms with Crippen LogP contribution in [0.2, 0.25) is 0 Å². The maximum atomic E-state index is 12.6. The first-order valence-electron chi connectivity index (χ1n) is 9.29. The molecule has 7 heteroatoms. The van der Waals surface area contributed by atoms with Gasteiger partial charge in [-0.1, -0.05) is 12.5 Å². The summed E-state index contributed by atoms with van der Waals surface area (Å²) >= 11 is 0. The van der Waals surface area contributed by atoms with E-state index in [4.69, 9.17) is 4.74 Å². The van der Waals surface area contributed by atoms with E-state index in [-0.39, 0.29) is 23.8 Å². The summed E-state index contributed by atoms with van der Waals surface area (Å²) in [6, 6.07) is 6.83. The van der Waals surface area contributed by atoms with E-state index in [0.29, 0.717) is 17.8 Å². The molecule has 148 valence electrons. The molecule has 0 radical (unpaired) electrons. The first-order valence-corrected chi connectivity index (χ1v) is 9.29. The van der Waals surface area contributed by atoms with Gasteiger partial charge in [-0.15, -0.1) is 0 Å². The van der Waals surface area contributed by atoms with E-state index >= 15 is 0 Å². The van der Waals surface area contributed by atoms with Crippen molar-refractivity contribution in [3.63, 3.8) is 0 Å². The Morgan fingerprint density at radius 1 is 1.19 bits per heavy atom. The summed E-state index contributed by atoms with van der Waals surface area (Å²) in [6.45, 7) is 7.35. The van der Waals surface area contributed by atoms with Crippen molar-refractivity contribution in [1.82, 2.24) is 10.6 Å². The van der Waals surface area contributed by atoms with Gasteiger partial charge in [0.25, 0.3) is 5.91 Å². The molecule has 3 amide bonds. The number of ether oxygens (including phenoxy) is 1. The van der Waals surface area contributed by atoms with Gasteiger partial charge in [-0.2, -0.15) is 0 Å². The fourth-order valence-corrected chi connectivity index (χ4v) is 3.19. The lowest BCUT2D eigenvalue weighted by Gasteiger charge is -2.23. The van der Waals surface area contributed by atoms with Crippen molar-refractivity contribution in [2.45, 2.75) is 58.6 Å². The summed E-state index contributed by atoms with van der Waals surface area (Å²) in [5, 5.41) is 8.52. The van der Waals surface area contributed by atoms with Crippen LogP contribution in [0, 0.1) is 5.92 Å². The Hall–Kier alpha value is -2.57. The summed E-state index contributed by atoms with van der Waals surface area (Å²) < 4.78 is 5.26. The molecular formula is C20H29N3O4. The largest absolute Gasteiger partial charge is 0.444 e. The molecule has 0 unspecified atom stereocenters. The van der Waals surface area contributed by atoms with E-state index < -0.39 is 11.7 Å². The van der Waals surface area contributed by atoms with Crippen molar-refractivity contribution >= 4 is 23.6 Å². The van der Waals surface area contributed by atoms with Crippen LogP contribution in [-0.2, 0) is 9.53 Å². The van der Waals surface area contributed by atoms with E-state index in [2.05, 4.69) is 16.0 Å². The molecule has 1 aliphatic carbocycles. The second-order valence-electron chi connectivity index (χ2n) is 7.92. The van der Waals surface area contributed by atoms with Crippen LogP contribution in [0.5, 0.6) is 0 Å². The molecule has 0 heterocycles. The van der Waals surface area contributed by atoms with E-state index in [1.807, 2.05) is 20.8 Å². The zero-order valence-corrected chi connectivity index (χ0v) is 16.4. The molecule has 2 rings (SSSR count). The number of carbonyl (C=O) groups is 3. The summed E-state index contributed by atoms with van der Waals surface area (Å²) in [7, 11) is 0. The van der Waals surface area contributed by atoms with Crippen LogP contribution in [0.4, 0.5) is 10.5 Å². The van der Waals surface area contributed by atoms with Crippen molar-refractivity contribution in [3.8, 4) is 0 Å². The van der Waals surface area contributed by atoms with Crippen molar-refractivity contribution in [3.05, 3.63) is 29.8 Å². The third-order valence-corrected chi connectivity index (χ3v) is 4.33. The lowest BCUT2D eigenvalue weighted by Crippen LogP contribution is -2.43. The minimum absolute atomic E-state index is 0.00291. The molecule has 0 bridgehead atoms. The van der Waals surface area contributed by atoms with E-state index in [0.717, 1.165) is 19.3 Å². The third kappa shape index (κ3) is 6.92. The van der Waals surface area contributed by atoms with Crippen LogP contribution in [0.25, 0.3) is 0 Å². The molecule has 3 N–H and O–H groups in total. The molecule has 0 aliphatic heterocycles. The average Bonchev–Trinajstić information content (AvgIpc) is 2.98. The Kier molecular flexibility index (Phi) is 6.82. The van der Waals surface area contributed by atoms with E-state index in [9.17, 15) is 14.4 Å². The van der Waals surface area contributed by atoms with Gasteiger partial charge in [0.2, 0.25) is 5.91 Å². The van der Waals surface area contributed by atoms with Gasteiger partial charge in [0.15, 0.2) is 0 Å². The second-order valence-corrected chi connectivity index (χ2v) is 7.92. The highest BCUT2D eigenvalue weighted by Crippen LogP contribution is 2.25. The van der Waals surface area contributed by atoms with Crippen LogP contribution < -0.4 is 16.0 Å². The van der Waals surface area contributed by atoms with Crippen LogP contribution in [0.1, 0.15) is 57.3 Å². The highest BCUT2D eigenvalue weighted by atomic mass is 16.6. The summed E-state index contributed by atoms with van der Waals surface area (Å²) in [5.41, 5.74) is 0.545. The molecule has 1 aromatic rings. The van der Waals surface area contributed by atoms with Crippen LogP contribution in [0.3, 0.4) is 0 Å². The third-order valence-electron chi connectivity index (χ3n) is 4.33. The van der Waals surface area contributed by atoms with Gasteiger partial charge in [-0.25, -0.2) is 4.79 Å². The lowest BCUT2D eigenvalue weighted by molar-refractivity contribution is -0.114. The smallest absolute Gasteiger partial charge is 0.407 e. The van der Waals surface area contributed by atoms with Gasteiger partial charge < -0.3 is 20.7 Å². The SMILES string of the molecule is CC(=O)Nc1cccc(C(=O)N[C@@H]2CCC[C@@H]2CNC(=O)OC(C)(C)C)c1. The van der Waals surface area contributed by atoms with Gasteiger partial charge in [0.05, 0.1) is 0 Å². The van der Waals surface area contributed by atoms with Gasteiger partial charge in [-0.05, 0) is 57.7 Å². The first-order chi connectivity index (χ1) is 12.6. The Balaban J connectivity index is 1.91. The number of hydrogen-bond donors (Lipinski definition) is 3. The van der Waals surface area contributed by atoms with Gasteiger partial charge in [0.1, 0.15) is 5.60 Å². The summed E-state index contributed by atoms with van der Waals surface area (Å²) in [6.07, 6.45) is 2.37. The number of hydrogen-bond acceptors (Lipinski definition) is 4. The van der Waals surface area contributed by atoms with E-state index in [1.54, 1.807) is 24.3 Å². The minimum atomic E-state index is -0.535. The number of carbonyl (C=O) groups excluding carboxylic acids is 3. The quantitative estimate of drug-likeness (QED) is 0.737. The lowest BCUT2D eigenvalue weighted by atomic mass is 10.0. The predicted molar refractivity (Wildman–Crippen MR) is 104 cm³/mol. The van der Waals surface area contributed by atoms with Crippen LogP contribution in [0.15, 0.2) is 24.3 Å². The maximum absolute atomic E-state index is 12.6. The number of benzene rings is 1. The van der Waals surface area contributed by atoms with Gasteiger partial charge in [-0.3, -0.25) is 9.59 Å². The first kappa shape index (κ1) is 20.7. The maximum Gasteiger partial charge on any atom is 0.407 e. The molecule has 0 spiro atoms. The second kappa shape index (κ2) is 8.88. The summed E-state index contributed by atoms with van der Waals surface area (Å²) in [4.78, 5) is 35.6. The molecule has 0 aromatic heterocycles. The zero-order chi connectivity index (χ0) is 20.0. The fourth-order valence-electron chi connectivity index (χ4n) is 3.19. The Labute approximate surface area is 160 Å². The molecule has 2 atom stereocenters. The molecule has 1 aromatic carbocycles. The van der Waals surface area contributed by atoms with Crippen molar-refractivity contribution in [2.24, 2.45) is 5.92 Å². The predicted octanol–water partition coefficient (Wildman–Crippen LogP) is 3.07. The number of amides is 3. The fraction of sp³-hybridized carbons (Fsp3) is 0.550. The van der Waals surface area contributed by atoms with Gasteiger partial charge >= 0.3 is 6.09 Å². The molecular weight excluding hydrogens is 346 g/mol. The van der Waals surface area contributed by atoms with E-state index in [1.165, 1.54) is 6.92 Å². The number of anilines is 1. The molecule has 1 saturated carbocycles. The minimum Gasteiger partial charge on any atom is -0.444 e. The number of rotatable bonds is 5. The molecule has 1 aliphatic rings. The van der Waals surface area contributed by atoms with Crippen molar-refractivity contribution < 1.29 is 19.1 Å². The molecule has 0 saturated heterocycles. The molecule has 1 fully saturated rings. The van der Waals surface area contributed by atoms with Crippen molar-refractivity contribution in [1.29, 1.82) is 0 Å². The topological polar surface area (TPSA) is 96.5 Å². The Morgan fingerprint density at radius 3 is 2.59 bits per heavy atom. The van der Waals surface area contributed by atoms with Crippen LogP contribution in [-0.4, -0.2) is 36.1 Å². The summed E-state index contributed by atoms with van der Waals surface area (Å²) in [5.74, 6) is -0.201.